The van der Waals surface area contributed by atoms with Crippen LogP contribution in [-0.2, 0) is 4.79 Å². The molecule has 0 spiro atoms. The van der Waals surface area contributed by atoms with E-state index in [1.807, 2.05) is 12.1 Å². The maximum absolute atomic E-state index is 10.6. The molecule has 116 valence electrons. The Morgan fingerprint density at radius 3 is 2.67 bits per heavy atom. The van der Waals surface area contributed by atoms with Gasteiger partial charge in [0.25, 0.3) is 0 Å². The van der Waals surface area contributed by atoms with Crippen molar-refractivity contribution in [2.75, 3.05) is 39.8 Å². The summed E-state index contributed by atoms with van der Waals surface area (Å²) in [5.74, 6) is 0.168. The van der Waals surface area contributed by atoms with Crippen LogP contribution in [0.25, 0.3) is 0 Å². The molecule has 0 aromatic heterocycles. The summed E-state index contributed by atoms with van der Waals surface area (Å²) in [6.45, 7) is 6.66. The second-order valence-corrected chi connectivity index (χ2v) is 5.47. The van der Waals surface area contributed by atoms with E-state index in [2.05, 4.69) is 28.9 Å². The van der Waals surface area contributed by atoms with Crippen LogP contribution in [0.2, 0.25) is 0 Å². The predicted molar refractivity (Wildman–Crippen MR) is 81.7 cm³/mol. The van der Waals surface area contributed by atoms with E-state index in [0.717, 1.165) is 31.9 Å². The highest BCUT2D eigenvalue weighted by Gasteiger charge is 2.22. The number of carbonyl (C=O) groups is 1. The average Bonchev–Trinajstić information content (AvgIpc) is 2.52. The summed E-state index contributed by atoms with van der Waals surface area (Å²) in [5.41, 5.74) is 1.26. The van der Waals surface area contributed by atoms with Crippen molar-refractivity contribution in [1.29, 1.82) is 0 Å². The maximum Gasteiger partial charge on any atom is 0.304 e. The highest BCUT2D eigenvalue weighted by Crippen LogP contribution is 2.24. The Balaban J connectivity index is 1.87. The van der Waals surface area contributed by atoms with Gasteiger partial charge in [-0.05, 0) is 24.6 Å². The van der Waals surface area contributed by atoms with Gasteiger partial charge in [-0.25, -0.2) is 0 Å². The first-order chi connectivity index (χ1) is 10.1. The van der Waals surface area contributed by atoms with Crippen molar-refractivity contribution in [3.8, 4) is 5.75 Å². The van der Waals surface area contributed by atoms with Crippen LogP contribution in [0.15, 0.2) is 24.3 Å². The molecular weight excluding hydrogens is 268 g/mol. The van der Waals surface area contributed by atoms with Crippen molar-refractivity contribution in [3.05, 3.63) is 29.8 Å². The van der Waals surface area contributed by atoms with E-state index >= 15 is 0 Å². The van der Waals surface area contributed by atoms with Gasteiger partial charge in [0.05, 0.1) is 13.5 Å². The lowest BCUT2D eigenvalue weighted by molar-refractivity contribution is -0.137. The monoisotopic (exact) mass is 292 g/mol. The minimum atomic E-state index is -0.720. The Kier molecular flexibility index (Phi) is 5.59. The van der Waals surface area contributed by atoms with Crippen molar-refractivity contribution >= 4 is 5.97 Å². The van der Waals surface area contributed by atoms with Crippen LogP contribution in [0.4, 0.5) is 0 Å². The third-order valence-electron chi connectivity index (χ3n) is 4.17. The van der Waals surface area contributed by atoms with Gasteiger partial charge in [0.15, 0.2) is 0 Å². The van der Waals surface area contributed by atoms with Crippen LogP contribution in [-0.4, -0.2) is 60.7 Å². The molecular formula is C16H24N2O3. The lowest BCUT2D eigenvalue weighted by atomic mass is 10.1. The summed E-state index contributed by atoms with van der Waals surface area (Å²) in [6, 6.07) is 8.54. The molecule has 2 rings (SSSR count). The summed E-state index contributed by atoms with van der Waals surface area (Å²) >= 11 is 0. The first-order valence-electron chi connectivity index (χ1n) is 7.42. The van der Waals surface area contributed by atoms with Crippen LogP contribution < -0.4 is 4.74 Å². The Labute approximate surface area is 126 Å². The molecule has 5 heteroatoms. The molecule has 1 aliphatic heterocycles. The predicted octanol–water partition coefficient (Wildman–Crippen LogP) is 1.85. The van der Waals surface area contributed by atoms with Gasteiger partial charge in [-0.2, -0.15) is 0 Å². The van der Waals surface area contributed by atoms with Gasteiger partial charge >= 0.3 is 5.97 Å². The van der Waals surface area contributed by atoms with Crippen LogP contribution in [0.1, 0.15) is 24.9 Å². The second kappa shape index (κ2) is 7.43. The molecule has 1 atom stereocenters. The Morgan fingerprint density at radius 2 is 2.05 bits per heavy atom. The molecule has 1 aromatic rings. The van der Waals surface area contributed by atoms with Gasteiger partial charge in [0, 0.05) is 38.8 Å². The SMILES string of the molecule is COc1cccc([C@H](C)N2CCN(CCC(=O)O)CC2)c1. The molecule has 5 nitrogen and oxygen atoms in total. The minimum Gasteiger partial charge on any atom is -0.497 e. The highest BCUT2D eigenvalue weighted by atomic mass is 16.5. The summed E-state index contributed by atoms with van der Waals surface area (Å²) in [7, 11) is 1.69. The number of aliphatic carboxylic acids is 1. The van der Waals surface area contributed by atoms with E-state index in [9.17, 15) is 4.79 Å². The first-order valence-corrected chi connectivity index (χ1v) is 7.42. The molecule has 1 saturated heterocycles. The smallest absolute Gasteiger partial charge is 0.304 e. The molecule has 1 N–H and O–H groups in total. The zero-order valence-corrected chi connectivity index (χ0v) is 12.8. The number of ether oxygens (including phenoxy) is 1. The fourth-order valence-corrected chi connectivity index (χ4v) is 2.74. The van der Waals surface area contributed by atoms with Crippen molar-refractivity contribution in [2.45, 2.75) is 19.4 Å². The van der Waals surface area contributed by atoms with Gasteiger partial charge in [0.1, 0.15) is 5.75 Å². The molecule has 0 saturated carbocycles. The normalized spacial score (nSPS) is 18.4. The van der Waals surface area contributed by atoms with Crippen LogP contribution in [0.5, 0.6) is 5.75 Å². The van der Waals surface area contributed by atoms with Gasteiger partial charge in [-0.1, -0.05) is 12.1 Å². The highest BCUT2D eigenvalue weighted by molar-refractivity contribution is 5.66. The number of piperazine rings is 1. The summed E-state index contributed by atoms with van der Waals surface area (Å²) < 4.78 is 5.28. The van der Waals surface area contributed by atoms with Crippen molar-refractivity contribution < 1.29 is 14.6 Å². The van der Waals surface area contributed by atoms with Crippen molar-refractivity contribution in [3.63, 3.8) is 0 Å². The molecule has 0 aliphatic carbocycles. The van der Waals surface area contributed by atoms with Gasteiger partial charge in [-0.3, -0.25) is 9.69 Å². The van der Waals surface area contributed by atoms with Crippen LogP contribution >= 0.6 is 0 Å². The van der Waals surface area contributed by atoms with Crippen molar-refractivity contribution in [2.24, 2.45) is 0 Å². The zero-order chi connectivity index (χ0) is 15.2. The number of nitrogens with zero attached hydrogens (tertiary/aromatic N) is 2. The van der Waals surface area contributed by atoms with E-state index in [-0.39, 0.29) is 6.42 Å². The summed E-state index contributed by atoms with van der Waals surface area (Å²) in [4.78, 5) is 15.3. The molecule has 0 amide bonds. The summed E-state index contributed by atoms with van der Waals surface area (Å²) in [5, 5.41) is 8.73. The number of hydrogen-bond acceptors (Lipinski definition) is 4. The molecule has 1 aromatic carbocycles. The van der Waals surface area contributed by atoms with Crippen LogP contribution in [0, 0.1) is 0 Å². The second-order valence-electron chi connectivity index (χ2n) is 5.47. The Morgan fingerprint density at radius 1 is 1.33 bits per heavy atom. The fraction of sp³-hybridized carbons (Fsp3) is 0.562. The Bertz CT molecular complexity index is 470. The number of carboxylic acid groups (broad SMARTS) is 1. The molecule has 1 heterocycles. The quantitative estimate of drug-likeness (QED) is 0.867. The molecule has 1 fully saturated rings. The topological polar surface area (TPSA) is 53.0 Å². The largest absolute Gasteiger partial charge is 0.497 e. The Hall–Kier alpha value is -1.59. The zero-order valence-electron chi connectivity index (χ0n) is 12.8. The van der Waals surface area contributed by atoms with E-state index < -0.39 is 5.97 Å². The van der Waals surface area contributed by atoms with Gasteiger partial charge in [-0.15, -0.1) is 0 Å². The minimum absolute atomic E-state index is 0.228. The van der Waals surface area contributed by atoms with Crippen molar-refractivity contribution in [1.82, 2.24) is 9.80 Å². The third-order valence-corrected chi connectivity index (χ3v) is 4.17. The number of hydrogen-bond donors (Lipinski definition) is 1. The van der Waals surface area contributed by atoms with E-state index in [1.165, 1.54) is 5.56 Å². The van der Waals surface area contributed by atoms with E-state index in [1.54, 1.807) is 7.11 Å². The summed E-state index contributed by atoms with van der Waals surface area (Å²) in [6.07, 6.45) is 0.228. The number of benzene rings is 1. The first kappa shape index (κ1) is 15.8. The molecule has 21 heavy (non-hydrogen) atoms. The third kappa shape index (κ3) is 4.44. The number of rotatable bonds is 6. The lowest BCUT2D eigenvalue weighted by Gasteiger charge is -2.38. The average molecular weight is 292 g/mol. The molecule has 0 bridgehead atoms. The molecule has 0 unspecified atom stereocenters. The van der Waals surface area contributed by atoms with Crippen LogP contribution in [0.3, 0.4) is 0 Å². The fourth-order valence-electron chi connectivity index (χ4n) is 2.74. The molecule has 1 aliphatic rings. The number of carboxylic acids is 1. The standard InChI is InChI=1S/C16H24N2O3/c1-13(14-4-3-5-15(12-14)21-2)18-10-8-17(9-11-18)7-6-16(19)20/h3-5,12-13H,6-11H2,1-2H3,(H,19,20)/t13-/m0/s1. The lowest BCUT2D eigenvalue weighted by Crippen LogP contribution is -2.47. The van der Waals surface area contributed by atoms with E-state index in [4.69, 9.17) is 9.84 Å². The van der Waals surface area contributed by atoms with Gasteiger partial charge < -0.3 is 14.7 Å². The van der Waals surface area contributed by atoms with Gasteiger partial charge in [0.2, 0.25) is 0 Å². The number of methoxy groups -OCH3 is 1. The molecule has 0 radical (unpaired) electrons. The maximum atomic E-state index is 10.6. The van der Waals surface area contributed by atoms with E-state index in [0.29, 0.717) is 12.6 Å².